The number of hydrogen-bond donors (Lipinski definition) is 0. The Morgan fingerprint density at radius 2 is 2.00 bits per heavy atom. The van der Waals surface area contributed by atoms with Crippen LogP contribution in [0.2, 0.25) is 0 Å². The summed E-state index contributed by atoms with van der Waals surface area (Å²) in [4.78, 5) is 2.66. The van der Waals surface area contributed by atoms with Crippen molar-refractivity contribution in [3.05, 3.63) is 47.5 Å². The van der Waals surface area contributed by atoms with Crippen molar-refractivity contribution in [2.75, 3.05) is 13.1 Å². The molecule has 0 saturated carbocycles. The Morgan fingerprint density at radius 3 is 2.74 bits per heavy atom. The maximum Gasteiger partial charge on any atom is 0.0234 e. The summed E-state index contributed by atoms with van der Waals surface area (Å²) in [6.07, 6.45) is 8.01. The van der Waals surface area contributed by atoms with Crippen LogP contribution in [0.15, 0.2) is 42.0 Å². The molecule has 2 unspecified atom stereocenters. The summed E-state index contributed by atoms with van der Waals surface area (Å²) in [5.74, 6) is 1.73. The van der Waals surface area contributed by atoms with Crippen molar-refractivity contribution >= 4 is 0 Å². The molecule has 1 fully saturated rings. The van der Waals surface area contributed by atoms with E-state index in [9.17, 15) is 0 Å². The van der Waals surface area contributed by atoms with Crippen molar-refractivity contribution in [2.24, 2.45) is 11.8 Å². The average Bonchev–Trinajstić information content (AvgIpc) is 2.39. The van der Waals surface area contributed by atoms with Gasteiger partial charge in [-0.1, -0.05) is 55.3 Å². The predicted octanol–water partition coefficient (Wildman–Crippen LogP) is 4.25. The lowest BCUT2D eigenvalue weighted by molar-refractivity contribution is 0.127. The number of nitrogens with zero attached hydrogens (tertiary/aromatic N) is 1. The molecule has 1 aliphatic carbocycles. The van der Waals surface area contributed by atoms with Gasteiger partial charge in [0, 0.05) is 19.6 Å². The van der Waals surface area contributed by atoms with Crippen LogP contribution in [-0.2, 0) is 6.54 Å². The molecule has 0 spiro atoms. The van der Waals surface area contributed by atoms with Gasteiger partial charge in [0.15, 0.2) is 0 Å². The second kappa shape index (κ2) is 5.92. The fourth-order valence-corrected chi connectivity index (χ4v) is 3.87. The van der Waals surface area contributed by atoms with E-state index in [1.54, 1.807) is 5.57 Å². The fourth-order valence-electron chi connectivity index (χ4n) is 3.87. The summed E-state index contributed by atoms with van der Waals surface area (Å²) in [6, 6.07) is 10.9. The Bertz CT molecular complexity index is 434. The van der Waals surface area contributed by atoms with Crippen LogP contribution in [0.4, 0.5) is 0 Å². The van der Waals surface area contributed by atoms with Gasteiger partial charge in [-0.15, -0.1) is 0 Å². The van der Waals surface area contributed by atoms with Crippen LogP contribution in [0.3, 0.4) is 0 Å². The zero-order valence-electron chi connectivity index (χ0n) is 12.0. The van der Waals surface area contributed by atoms with E-state index in [0.29, 0.717) is 0 Å². The van der Waals surface area contributed by atoms with Gasteiger partial charge in [-0.25, -0.2) is 0 Å². The van der Waals surface area contributed by atoms with E-state index in [1.807, 2.05) is 0 Å². The van der Waals surface area contributed by atoms with Crippen LogP contribution in [-0.4, -0.2) is 18.0 Å². The van der Waals surface area contributed by atoms with Crippen LogP contribution >= 0.6 is 0 Å². The van der Waals surface area contributed by atoms with Crippen LogP contribution in [0, 0.1) is 11.8 Å². The summed E-state index contributed by atoms with van der Waals surface area (Å²) in [7, 11) is 0. The van der Waals surface area contributed by atoms with Crippen molar-refractivity contribution in [2.45, 2.75) is 39.2 Å². The van der Waals surface area contributed by atoms with Gasteiger partial charge in [-0.2, -0.15) is 0 Å². The number of rotatable bonds is 4. The first kappa shape index (κ1) is 12.9. The van der Waals surface area contributed by atoms with E-state index in [-0.39, 0.29) is 0 Å². The number of piperidine rings is 1. The highest BCUT2D eigenvalue weighted by molar-refractivity contribution is 5.16. The molecule has 0 N–H and O–H groups in total. The average molecular weight is 255 g/mol. The monoisotopic (exact) mass is 255 g/mol. The normalized spacial score (nSPS) is 27.1. The van der Waals surface area contributed by atoms with Gasteiger partial charge in [0.2, 0.25) is 0 Å². The molecule has 0 aromatic heterocycles. The Morgan fingerprint density at radius 1 is 1.16 bits per heavy atom. The Labute approximate surface area is 117 Å². The largest absolute Gasteiger partial charge is 0.298 e. The lowest BCUT2D eigenvalue weighted by Gasteiger charge is -2.40. The molecule has 0 radical (unpaired) electrons. The molecule has 1 nitrogen and oxygen atoms in total. The van der Waals surface area contributed by atoms with Crippen LogP contribution < -0.4 is 0 Å². The van der Waals surface area contributed by atoms with Gasteiger partial charge >= 0.3 is 0 Å². The molecule has 1 heteroatoms. The molecule has 102 valence electrons. The highest BCUT2D eigenvalue weighted by Gasteiger charge is 2.30. The Kier molecular flexibility index (Phi) is 4.03. The minimum absolute atomic E-state index is 0.817. The maximum absolute atomic E-state index is 2.66. The molecular formula is C18H25N. The highest BCUT2D eigenvalue weighted by Crippen LogP contribution is 2.35. The summed E-state index contributed by atoms with van der Waals surface area (Å²) in [6.45, 7) is 5.99. The molecule has 1 aliphatic heterocycles. The molecule has 1 heterocycles. The van der Waals surface area contributed by atoms with Gasteiger partial charge in [-0.05, 0) is 36.7 Å². The predicted molar refractivity (Wildman–Crippen MR) is 80.9 cm³/mol. The van der Waals surface area contributed by atoms with Crippen molar-refractivity contribution in [3.63, 3.8) is 0 Å². The first-order valence-corrected chi connectivity index (χ1v) is 7.79. The third-order valence-corrected chi connectivity index (χ3v) is 4.49. The Balaban J connectivity index is 1.63. The van der Waals surface area contributed by atoms with Crippen LogP contribution in [0.25, 0.3) is 0 Å². The van der Waals surface area contributed by atoms with Gasteiger partial charge in [0.25, 0.3) is 0 Å². The van der Waals surface area contributed by atoms with Crippen molar-refractivity contribution in [3.8, 4) is 0 Å². The van der Waals surface area contributed by atoms with Gasteiger partial charge in [0.1, 0.15) is 0 Å². The van der Waals surface area contributed by atoms with E-state index in [0.717, 1.165) is 18.4 Å². The molecule has 1 aromatic carbocycles. The number of allylic oxidation sites excluding steroid dienone is 1. The quantitative estimate of drug-likeness (QED) is 0.727. The van der Waals surface area contributed by atoms with Crippen LogP contribution in [0.1, 0.15) is 38.2 Å². The third kappa shape index (κ3) is 3.27. The third-order valence-electron chi connectivity index (χ3n) is 4.49. The molecule has 2 bridgehead atoms. The fraction of sp³-hybridized carbons (Fsp3) is 0.556. The van der Waals surface area contributed by atoms with E-state index < -0.39 is 0 Å². The second-order valence-electron chi connectivity index (χ2n) is 6.32. The van der Waals surface area contributed by atoms with Crippen molar-refractivity contribution in [1.29, 1.82) is 0 Å². The minimum atomic E-state index is 0.817. The van der Waals surface area contributed by atoms with Crippen molar-refractivity contribution < 1.29 is 0 Å². The molecule has 0 amide bonds. The first-order chi connectivity index (χ1) is 9.33. The van der Waals surface area contributed by atoms with Gasteiger partial charge in [0.05, 0.1) is 0 Å². The van der Waals surface area contributed by atoms with Crippen LogP contribution in [0.5, 0.6) is 0 Å². The second-order valence-corrected chi connectivity index (χ2v) is 6.32. The summed E-state index contributed by atoms with van der Waals surface area (Å²) >= 11 is 0. The van der Waals surface area contributed by atoms with E-state index in [1.165, 1.54) is 44.3 Å². The number of likely N-dealkylation sites (tertiary alicyclic amines) is 1. The highest BCUT2D eigenvalue weighted by atomic mass is 15.1. The lowest BCUT2D eigenvalue weighted by Crippen LogP contribution is -2.41. The molecule has 1 aromatic rings. The smallest absolute Gasteiger partial charge is 0.0234 e. The summed E-state index contributed by atoms with van der Waals surface area (Å²) in [5.41, 5.74) is 3.20. The SMILES string of the molecule is CCCC1=CC2CC(C1)CN(Cc1ccccc1)C2. The Hall–Kier alpha value is -1.08. The molecular weight excluding hydrogens is 230 g/mol. The number of fused-ring (bicyclic) bond motifs is 2. The first-order valence-electron chi connectivity index (χ1n) is 7.79. The molecule has 2 aliphatic rings. The zero-order valence-corrected chi connectivity index (χ0v) is 12.0. The van der Waals surface area contributed by atoms with E-state index in [4.69, 9.17) is 0 Å². The van der Waals surface area contributed by atoms with Gasteiger partial charge in [-0.3, -0.25) is 4.90 Å². The molecule has 1 saturated heterocycles. The molecule has 2 atom stereocenters. The topological polar surface area (TPSA) is 3.24 Å². The minimum Gasteiger partial charge on any atom is -0.298 e. The number of hydrogen-bond acceptors (Lipinski definition) is 1. The lowest BCUT2D eigenvalue weighted by atomic mass is 9.78. The van der Waals surface area contributed by atoms with Gasteiger partial charge < -0.3 is 0 Å². The number of benzene rings is 1. The van der Waals surface area contributed by atoms with E-state index >= 15 is 0 Å². The summed E-state index contributed by atoms with van der Waals surface area (Å²) < 4.78 is 0. The standard InChI is InChI=1S/C18H25N/c1-2-6-16-9-17-11-18(10-16)14-19(13-17)12-15-7-4-3-5-8-15/h3-5,7-9,17-18H,2,6,10-14H2,1H3. The zero-order chi connectivity index (χ0) is 13.1. The van der Waals surface area contributed by atoms with Crippen molar-refractivity contribution in [1.82, 2.24) is 4.90 Å². The maximum atomic E-state index is 2.66. The molecule has 19 heavy (non-hydrogen) atoms. The molecule has 3 rings (SSSR count). The van der Waals surface area contributed by atoms with E-state index in [2.05, 4.69) is 48.2 Å². The summed E-state index contributed by atoms with van der Waals surface area (Å²) in [5, 5.41) is 0.